The molecule has 128 valence electrons. The molecule has 25 heavy (non-hydrogen) atoms. The lowest BCUT2D eigenvalue weighted by atomic mass is 10.1. The van der Waals surface area contributed by atoms with E-state index in [4.69, 9.17) is 14.2 Å². The van der Waals surface area contributed by atoms with E-state index in [1.54, 1.807) is 14.2 Å². The van der Waals surface area contributed by atoms with Crippen LogP contribution in [0.4, 0.5) is 5.69 Å². The van der Waals surface area contributed by atoms with Crippen LogP contribution >= 0.6 is 0 Å². The standard InChI is InChI=1S/C21H21NO3/c1-23-20-14-8-9-16(21(20)24-2)15-22-18-12-6-7-13-19(18)25-17-10-4-3-5-11-17/h3-14,22H,15H2,1-2H3. The lowest BCUT2D eigenvalue weighted by molar-refractivity contribution is 0.352. The molecule has 0 fully saturated rings. The van der Waals surface area contributed by atoms with Gasteiger partial charge in [0.15, 0.2) is 17.2 Å². The Morgan fingerprint density at radius 2 is 1.44 bits per heavy atom. The second-order valence-corrected chi connectivity index (χ2v) is 5.42. The molecule has 0 spiro atoms. The van der Waals surface area contributed by atoms with Gasteiger partial charge in [0.2, 0.25) is 0 Å². The summed E-state index contributed by atoms with van der Waals surface area (Å²) in [7, 11) is 3.28. The molecule has 0 amide bonds. The van der Waals surface area contributed by atoms with E-state index in [0.29, 0.717) is 6.54 Å². The average Bonchev–Trinajstić information content (AvgIpc) is 2.67. The normalized spacial score (nSPS) is 10.2. The first kappa shape index (κ1) is 16.7. The van der Waals surface area contributed by atoms with Crippen molar-refractivity contribution in [2.45, 2.75) is 6.54 Å². The first-order chi connectivity index (χ1) is 12.3. The number of ether oxygens (including phenoxy) is 3. The Balaban J connectivity index is 1.78. The Morgan fingerprint density at radius 1 is 0.720 bits per heavy atom. The molecule has 1 N–H and O–H groups in total. The van der Waals surface area contributed by atoms with Crippen molar-refractivity contribution in [1.82, 2.24) is 0 Å². The second kappa shape index (κ2) is 8.11. The van der Waals surface area contributed by atoms with Crippen molar-refractivity contribution in [1.29, 1.82) is 0 Å². The van der Waals surface area contributed by atoms with Crippen molar-refractivity contribution >= 4 is 5.69 Å². The van der Waals surface area contributed by atoms with Gasteiger partial charge < -0.3 is 19.5 Å². The monoisotopic (exact) mass is 335 g/mol. The van der Waals surface area contributed by atoms with Gasteiger partial charge in [-0.25, -0.2) is 0 Å². The van der Waals surface area contributed by atoms with E-state index in [-0.39, 0.29) is 0 Å². The summed E-state index contributed by atoms with van der Waals surface area (Å²) in [4.78, 5) is 0. The van der Waals surface area contributed by atoms with Crippen LogP contribution in [0.1, 0.15) is 5.56 Å². The Bertz CT molecular complexity index is 818. The highest BCUT2D eigenvalue weighted by Gasteiger charge is 2.10. The Labute approximate surface area is 148 Å². The van der Waals surface area contributed by atoms with Crippen LogP contribution in [0.25, 0.3) is 0 Å². The molecule has 0 radical (unpaired) electrons. The molecule has 0 aromatic heterocycles. The lowest BCUT2D eigenvalue weighted by Gasteiger charge is -2.16. The molecule has 3 rings (SSSR count). The minimum atomic E-state index is 0.593. The summed E-state index contributed by atoms with van der Waals surface area (Å²) in [5.74, 6) is 3.03. The van der Waals surface area contributed by atoms with Crippen molar-refractivity contribution in [3.8, 4) is 23.0 Å². The van der Waals surface area contributed by atoms with Crippen molar-refractivity contribution in [2.24, 2.45) is 0 Å². The summed E-state index contributed by atoms with van der Waals surface area (Å²) >= 11 is 0. The zero-order valence-electron chi connectivity index (χ0n) is 14.4. The van der Waals surface area contributed by atoms with E-state index in [0.717, 1.165) is 34.2 Å². The summed E-state index contributed by atoms with van der Waals surface area (Å²) in [6.45, 7) is 0.593. The fourth-order valence-electron chi connectivity index (χ4n) is 2.60. The van der Waals surface area contributed by atoms with Gasteiger partial charge in [0, 0.05) is 12.1 Å². The third-order valence-electron chi connectivity index (χ3n) is 3.81. The molecule has 0 saturated carbocycles. The Hall–Kier alpha value is -3.14. The van der Waals surface area contributed by atoms with E-state index >= 15 is 0 Å². The van der Waals surface area contributed by atoms with Gasteiger partial charge in [-0.05, 0) is 30.3 Å². The van der Waals surface area contributed by atoms with Gasteiger partial charge in [0.1, 0.15) is 5.75 Å². The predicted octanol–water partition coefficient (Wildman–Crippen LogP) is 5.11. The smallest absolute Gasteiger partial charge is 0.165 e. The molecule has 3 aromatic carbocycles. The Kier molecular flexibility index (Phi) is 5.42. The minimum Gasteiger partial charge on any atom is -0.493 e. The number of anilines is 1. The topological polar surface area (TPSA) is 39.7 Å². The highest BCUT2D eigenvalue weighted by molar-refractivity contribution is 5.58. The summed E-state index contributed by atoms with van der Waals surface area (Å²) in [6.07, 6.45) is 0. The Morgan fingerprint density at radius 3 is 2.20 bits per heavy atom. The van der Waals surface area contributed by atoms with Crippen LogP contribution in [0.5, 0.6) is 23.0 Å². The second-order valence-electron chi connectivity index (χ2n) is 5.42. The maximum absolute atomic E-state index is 5.98. The van der Waals surface area contributed by atoms with Crippen LogP contribution in [0.3, 0.4) is 0 Å². The highest BCUT2D eigenvalue weighted by atomic mass is 16.5. The molecule has 0 unspecified atom stereocenters. The number of rotatable bonds is 7. The fourth-order valence-corrected chi connectivity index (χ4v) is 2.60. The number of methoxy groups -OCH3 is 2. The molecule has 4 heteroatoms. The predicted molar refractivity (Wildman–Crippen MR) is 99.8 cm³/mol. The van der Waals surface area contributed by atoms with E-state index in [1.807, 2.05) is 72.8 Å². The van der Waals surface area contributed by atoms with Gasteiger partial charge in [-0.1, -0.05) is 42.5 Å². The summed E-state index contributed by atoms with van der Waals surface area (Å²) < 4.78 is 16.8. The summed E-state index contributed by atoms with van der Waals surface area (Å²) in [5, 5.41) is 3.42. The van der Waals surface area contributed by atoms with Gasteiger partial charge in [0.25, 0.3) is 0 Å². The molecular weight excluding hydrogens is 314 g/mol. The van der Waals surface area contributed by atoms with Gasteiger partial charge in [-0.3, -0.25) is 0 Å². The molecule has 4 nitrogen and oxygen atoms in total. The van der Waals surface area contributed by atoms with Gasteiger partial charge in [-0.15, -0.1) is 0 Å². The summed E-state index contributed by atoms with van der Waals surface area (Å²) in [6, 6.07) is 23.4. The molecule has 0 aliphatic carbocycles. The van der Waals surface area contributed by atoms with E-state index in [9.17, 15) is 0 Å². The van der Waals surface area contributed by atoms with E-state index in [2.05, 4.69) is 5.32 Å². The largest absolute Gasteiger partial charge is 0.493 e. The van der Waals surface area contributed by atoms with Crippen molar-refractivity contribution in [3.63, 3.8) is 0 Å². The van der Waals surface area contributed by atoms with Crippen molar-refractivity contribution in [3.05, 3.63) is 78.4 Å². The first-order valence-corrected chi connectivity index (χ1v) is 8.07. The maximum atomic E-state index is 5.98. The molecule has 0 bridgehead atoms. The zero-order chi connectivity index (χ0) is 17.5. The van der Waals surface area contributed by atoms with Crippen LogP contribution in [0.2, 0.25) is 0 Å². The quantitative estimate of drug-likeness (QED) is 0.651. The third kappa shape index (κ3) is 4.04. The average molecular weight is 335 g/mol. The van der Waals surface area contributed by atoms with Crippen LogP contribution in [0, 0.1) is 0 Å². The molecule has 0 aliphatic heterocycles. The fraction of sp³-hybridized carbons (Fsp3) is 0.143. The van der Waals surface area contributed by atoms with Crippen LogP contribution in [0.15, 0.2) is 72.8 Å². The lowest BCUT2D eigenvalue weighted by Crippen LogP contribution is -2.04. The first-order valence-electron chi connectivity index (χ1n) is 8.07. The highest BCUT2D eigenvalue weighted by Crippen LogP contribution is 2.33. The third-order valence-corrected chi connectivity index (χ3v) is 3.81. The van der Waals surface area contributed by atoms with Gasteiger partial charge in [-0.2, -0.15) is 0 Å². The number of hydrogen-bond acceptors (Lipinski definition) is 4. The molecule has 0 heterocycles. The van der Waals surface area contributed by atoms with Crippen molar-refractivity contribution < 1.29 is 14.2 Å². The van der Waals surface area contributed by atoms with Gasteiger partial charge in [0.05, 0.1) is 19.9 Å². The van der Waals surface area contributed by atoms with E-state index < -0.39 is 0 Å². The van der Waals surface area contributed by atoms with Crippen LogP contribution in [-0.2, 0) is 6.54 Å². The van der Waals surface area contributed by atoms with Crippen LogP contribution < -0.4 is 19.5 Å². The van der Waals surface area contributed by atoms with Gasteiger partial charge >= 0.3 is 0 Å². The number of para-hydroxylation sites is 4. The number of nitrogens with one attached hydrogen (secondary N) is 1. The molecule has 0 saturated heterocycles. The molecule has 0 atom stereocenters. The number of benzene rings is 3. The van der Waals surface area contributed by atoms with Crippen molar-refractivity contribution in [2.75, 3.05) is 19.5 Å². The maximum Gasteiger partial charge on any atom is 0.165 e. The number of hydrogen-bond donors (Lipinski definition) is 1. The summed E-state index contributed by atoms with van der Waals surface area (Å²) in [5.41, 5.74) is 1.92. The molecular formula is C21H21NO3. The van der Waals surface area contributed by atoms with E-state index in [1.165, 1.54) is 0 Å². The minimum absolute atomic E-state index is 0.593. The van der Waals surface area contributed by atoms with Crippen LogP contribution in [-0.4, -0.2) is 14.2 Å². The molecule has 3 aromatic rings. The SMILES string of the molecule is COc1cccc(CNc2ccccc2Oc2ccccc2)c1OC. The zero-order valence-corrected chi connectivity index (χ0v) is 14.4. The molecule has 0 aliphatic rings.